The van der Waals surface area contributed by atoms with Crippen LogP contribution in [0.2, 0.25) is 0 Å². The van der Waals surface area contributed by atoms with Crippen LogP contribution in [0.4, 0.5) is 0 Å². The van der Waals surface area contributed by atoms with Crippen molar-refractivity contribution in [2.75, 3.05) is 0 Å². The third-order valence-electron chi connectivity index (χ3n) is 14.1. The number of carbonyl (C=O) groups excluding carboxylic acids is 2. The van der Waals surface area contributed by atoms with E-state index in [1.807, 2.05) is 13.8 Å². The van der Waals surface area contributed by atoms with E-state index in [2.05, 4.69) is 41.5 Å². The fourth-order valence-corrected chi connectivity index (χ4v) is 11.9. The van der Waals surface area contributed by atoms with Crippen molar-refractivity contribution in [3.63, 3.8) is 0 Å². The van der Waals surface area contributed by atoms with Crippen LogP contribution in [-0.4, -0.2) is 57.6 Å². The third kappa shape index (κ3) is 5.05. The topological polar surface area (TPSA) is 119 Å². The summed E-state index contributed by atoms with van der Waals surface area (Å²) in [7, 11) is 0. The molecule has 244 valence electrons. The van der Waals surface area contributed by atoms with Crippen molar-refractivity contribution in [3.8, 4) is 0 Å². The molecule has 2 unspecified atom stereocenters. The van der Waals surface area contributed by atoms with Crippen LogP contribution in [0.1, 0.15) is 127 Å². The van der Waals surface area contributed by atoms with E-state index in [1.165, 1.54) is 6.92 Å². The van der Waals surface area contributed by atoms with Crippen LogP contribution in [0.25, 0.3) is 0 Å². The largest absolute Gasteiger partial charge is 0.481 e. The van der Waals surface area contributed by atoms with Gasteiger partial charge in [0.15, 0.2) is 0 Å². The lowest BCUT2D eigenvalue weighted by Gasteiger charge is -2.70. The van der Waals surface area contributed by atoms with E-state index >= 15 is 0 Å². The summed E-state index contributed by atoms with van der Waals surface area (Å²) < 4.78 is 18.9. The molecule has 8 heteroatoms. The highest BCUT2D eigenvalue weighted by Gasteiger charge is 2.72. The summed E-state index contributed by atoms with van der Waals surface area (Å²) in [5.41, 5.74) is -1.66. The van der Waals surface area contributed by atoms with Crippen molar-refractivity contribution in [1.29, 1.82) is 0 Å². The van der Waals surface area contributed by atoms with E-state index in [-0.39, 0.29) is 69.3 Å². The van der Waals surface area contributed by atoms with Gasteiger partial charge < -0.3 is 24.4 Å². The Morgan fingerprint density at radius 3 is 2.09 bits per heavy atom. The molecule has 0 spiro atoms. The first kappa shape index (κ1) is 32.7. The molecule has 0 aromatic rings. The monoisotopic (exact) mass is 604 g/mol. The second-order valence-corrected chi connectivity index (χ2v) is 17.1. The fraction of sp³-hybridized carbons (Fsp3) is 0.914. The van der Waals surface area contributed by atoms with Crippen LogP contribution in [0.15, 0.2) is 0 Å². The number of aliphatic carboxylic acids is 1. The Hall–Kier alpha value is -1.67. The van der Waals surface area contributed by atoms with E-state index in [9.17, 15) is 19.5 Å². The number of carbonyl (C=O) groups is 3. The van der Waals surface area contributed by atoms with Crippen LogP contribution in [-0.2, 0) is 28.6 Å². The number of carboxylic acid groups (broad SMARTS) is 1. The molecule has 0 bridgehead atoms. The first-order valence-corrected chi connectivity index (χ1v) is 16.7. The maximum absolute atomic E-state index is 12.6. The summed E-state index contributed by atoms with van der Waals surface area (Å²) in [5, 5.41) is 19.9. The van der Waals surface area contributed by atoms with Crippen LogP contribution >= 0.6 is 0 Å². The van der Waals surface area contributed by atoms with E-state index in [0.29, 0.717) is 12.3 Å². The van der Waals surface area contributed by atoms with Gasteiger partial charge in [-0.05, 0) is 113 Å². The Bertz CT molecular complexity index is 1140. The average molecular weight is 605 g/mol. The zero-order chi connectivity index (χ0) is 32.0. The Kier molecular flexibility index (Phi) is 7.94. The number of esters is 2. The summed E-state index contributed by atoms with van der Waals surface area (Å²) in [6, 6.07) is 0. The normalized spacial score (nSPS) is 47.2. The number of rotatable bonds is 6. The SMILES string of the molecule is CC(=O)O[C@@H]1C[C@@H]2[C@@]3(C)CC[C@@H](OC(=O)CC(=O)O)C(C)(C)[C@@H]3CC[C@@]2(C)[C@]2(C)CC[C@H]([C@]3(C)CCC(C(C)(C)O)O3)C12. The lowest BCUT2D eigenvalue weighted by molar-refractivity contribution is -0.254. The highest BCUT2D eigenvalue weighted by molar-refractivity contribution is 5.90. The highest BCUT2D eigenvalue weighted by atomic mass is 16.6. The Labute approximate surface area is 258 Å². The van der Waals surface area contributed by atoms with Crippen LogP contribution < -0.4 is 0 Å². The molecule has 43 heavy (non-hydrogen) atoms. The van der Waals surface area contributed by atoms with Gasteiger partial charge >= 0.3 is 17.9 Å². The fourth-order valence-electron chi connectivity index (χ4n) is 11.9. The average Bonchev–Trinajstić information content (AvgIpc) is 3.44. The van der Waals surface area contributed by atoms with Gasteiger partial charge in [-0.15, -0.1) is 0 Å². The predicted molar refractivity (Wildman–Crippen MR) is 161 cm³/mol. The molecule has 11 atom stereocenters. The number of carboxylic acids is 1. The highest BCUT2D eigenvalue weighted by Crippen LogP contribution is 2.76. The zero-order valence-corrected chi connectivity index (χ0v) is 28.0. The molecule has 1 saturated heterocycles. The molecule has 0 amide bonds. The lowest BCUT2D eigenvalue weighted by Crippen LogP contribution is -2.67. The molecule has 8 nitrogen and oxygen atoms in total. The van der Waals surface area contributed by atoms with E-state index < -0.39 is 24.0 Å². The Morgan fingerprint density at radius 1 is 0.860 bits per heavy atom. The van der Waals surface area contributed by atoms with Gasteiger partial charge in [0, 0.05) is 18.3 Å². The molecule has 0 aromatic heterocycles. The van der Waals surface area contributed by atoms with Crippen LogP contribution in [0, 0.1) is 45.3 Å². The number of fused-ring (bicyclic) bond motifs is 5. The van der Waals surface area contributed by atoms with E-state index in [1.54, 1.807) is 0 Å². The summed E-state index contributed by atoms with van der Waals surface area (Å²) in [5.74, 6) is -1.05. The van der Waals surface area contributed by atoms with Crippen molar-refractivity contribution in [2.24, 2.45) is 45.3 Å². The molecule has 5 rings (SSSR count). The van der Waals surface area contributed by atoms with Crippen molar-refractivity contribution in [3.05, 3.63) is 0 Å². The summed E-state index contributed by atoms with van der Waals surface area (Å²) >= 11 is 0. The van der Waals surface area contributed by atoms with Crippen LogP contribution in [0.5, 0.6) is 0 Å². The van der Waals surface area contributed by atoms with Gasteiger partial charge in [-0.3, -0.25) is 14.4 Å². The maximum atomic E-state index is 12.6. The first-order chi connectivity index (χ1) is 19.7. The Balaban J connectivity index is 1.48. The number of aliphatic hydroxyl groups is 1. The zero-order valence-electron chi connectivity index (χ0n) is 28.0. The van der Waals surface area contributed by atoms with Crippen molar-refractivity contribution < 1.29 is 38.8 Å². The van der Waals surface area contributed by atoms with Gasteiger partial charge in [0.05, 0.1) is 17.3 Å². The van der Waals surface area contributed by atoms with E-state index in [0.717, 1.165) is 51.4 Å². The van der Waals surface area contributed by atoms with Gasteiger partial charge in [0.1, 0.15) is 18.6 Å². The minimum atomic E-state index is -1.17. The van der Waals surface area contributed by atoms with Crippen molar-refractivity contribution >= 4 is 17.9 Å². The summed E-state index contributed by atoms with van der Waals surface area (Å²) in [6.45, 7) is 19.2. The third-order valence-corrected chi connectivity index (χ3v) is 14.1. The number of hydrogen-bond donors (Lipinski definition) is 2. The molecule has 4 saturated carbocycles. The molecular formula is C35H56O8. The maximum Gasteiger partial charge on any atom is 0.317 e. The van der Waals surface area contributed by atoms with Gasteiger partial charge in [-0.25, -0.2) is 0 Å². The molecule has 0 radical (unpaired) electrons. The number of hydrogen-bond acceptors (Lipinski definition) is 7. The molecule has 4 aliphatic carbocycles. The second-order valence-electron chi connectivity index (χ2n) is 17.1. The van der Waals surface area contributed by atoms with Gasteiger partial charge in [-0.2, -0.15) is 0 Å². The van der Waals surface area contributed by atoms with Crippen molar-refractivity contribution in [2.45, 2.75) is 156 Å². The molecule has 5 fully saturated rings. The van der Waals surface area contributed by atoms with Crippen molar-refractivity contribution in [1.82, 2.24) is 0 Å². The first-order valence-electron chi connectivity index (χ1n) is 16.7. The van der Waals surface area contributed by atoms with E-state index in [4.69, 9.17) is 19.3 Å². The van der Waals surface area contributed by atoms with Crippen LogP contribution in [0.3, 0.4) is 0 Å². The summed E-state index contributed by atoms with van der Waals surface area (Å²) in [6.07, 6.45) is 6.90. The quantitative estimate of drug-likeness (QED) is 0.268. The molecule has 2 N–H and O–H groups in total. The standard InChI is InChI=1S/C35H56O8/c1-20(36)41-22-18-24-32(6)14-12-25(42-28(39)19-27(37)38)30(2,3)23(32)11-16-33(24,7)34(8)15-10-21(29(22)34)35(9)17-13-26(43-35)31(4,5)40/h21-26,29,40H,10-19H2,1-9H3,(H,37,38)/t21-,22+,23-,24+,25+,26?,29?,32-,33+,34+,35-/m0/s1. The summed E-state index contributed by atoms with van der Waals surface area (Å²) in [4.78, 5) is 36.2. The Morgan fingerprint density at radius 2 is 1.51 bits per heavy atom. The van der Waals surface area contributed by atoms with Gasteiger partial charge in [0.25, 0.3) is 0 Å². The number of ether oxygens (including phenoxy) is 3. The van der Waals surface area contributed by atoms with Gasteiger partial charge in [-0.1, -0.05) is 34.6 Å². The smallest absolute Gasteiger partial charge is 0.317 e. The second kappa shape index (κ2) is 10.4. The minimum Gasteiger partial charge on any atom is -0.481 e. The van der Waals surface area contributed by atoms with Gasteiger partial charge in [0.2, 0.25) is 0 Å². The molecular weight excluding hydrogens is 548 g/mol. The molecule has 1 aliphatic heterocycles. The molecule has 0 aromatic carbocycles. The lowest BCUT2D eigenvalue weighted by atomic mass is 9.35. The minimum absolute atomic E-state index is 0.0296. The molecule has 5 aliphatic rings. The molecule has 1 heterocycles. The predicted octanol–water partition coefficient (Wildman–Crippen LogP) is 6.31.